The minimum atomic E-state index is -0.261. The van der Waals surface area contributed by atoms with Crippen molar-refractivity contribution in [3.63, 3.8) is 0 Å². The summed E-state index contributed by atoms with van der Waals surface area (Å²) < 4.78 is 5.54. The molecule has 0 unspecified atom stereocenters. The summed E-state index contributed by atoms with van der Waals surface area (Å²) in [4.78, 5) is 28.3. The summed E-state index contributed by atoms with van der Waals surface area (Å²) in [7, 11) is 0. The van der Waals surface area contributed by atoms with Crippen LogP contribution in [0.2, 0.25) is 0 Å². The molecule has 3 rings (SSSR count). The molecule has 0 aliphatic rings. The van der Waals surface area contributed by atoms with E-state index < -0.39 is 0 Å². The van der Waals surface area contributed by atoms with E-state index in [2.05, 4.69) is 15.6 Å². The van der Waals surface area contributed by atoms with E-state index >= 15 is 0 Å². The second-order valence-corrected chi connectivity index (χ2v) is 6.75. The maximum absolute atomic E-state index is 12.0. The summed E-state index contributed by atoms with van der Waals surface area (Å²) >= 11 is 1.19. The number of benzene rings is 2. The van der Waals surface area contributed by atoms with Gasteiger partial charge in [-0.15, -0.1) is 0 Å². The van der Waals surface area contributed by atoms with Crippen molar-refractivity contribution in [1.29, 1.82) is 0 Å². The van der Waals surface area contributed by atoms with E-state index in [9.17, 15) is 9.59 Å². The summed E-state index contributed by atoms with van der Waals surface area (Å²) in [6.07, 6.45) is 0. The molecule has 0 fully saturated rings. The molecule has 0 saturated carbocycles. The lowest BCUT2D eigenvalue weighted by Crippen LogP contribution is -2.34. The highest BCUT2D eigenvalue weighted by molar-refractivity contribution is 7.99. The van der Waals surface area contributed by atoms with Crippen molar-refractivity contribution in [3.8, 4) is 0 Å². The number of rotatable bonds is 6. The average Bonchev–Trinajstić information content (AvgIpc) is 3.04. The van der Waals surface area contributed by atoms with Gasteiger partial charge in [-0.2, -0.15) is 0 Å². The van der Waals surface area contributed by atoms with Gasteiger partial charge in [-0.25, -0.2) is 4.98 Å². The van der Waals surface area contributed by atoms with Crippen LogP contribution in [0.25, 0.3) is 11.1 Å². The molecule has 0 aliphatic carbocycles. The minimum absolute atomic E-state index is 0.0826. The first-order valence-corrected chi connectivity index (χ1v) is 9.12. The van der Waals surface area contributed by atoms with Gasteiger partial charge in [0.1, 0.15) is 5.52 Å². The van der Waals surface area contributed by atoms with Crippen LogP contribution in [0.4, 0.5) is 5.69 Å². The number of oxazole rings is 1. The first kappa shape index (κ1) is 18.0. The molecular formula is C19H19N3O3S. The second-order valence-electron chi connectivity index (χ2n) is 5.83. The van der Waals surface area contributed by atoms with E-state index in [0.29, 0.717) is 10.8 Å². The predicted molar refractivity (Wildman–Crippen MR) is 102 cm³/mol. The second kappa shape index (κ2) is 8.05. The Bertz CT molecular complexity index is 899. The Morgan fingerprint density at radius 3 is 2.50 bits per heavy atom. The third-order valence-corrected chi connectivity index (χ3v) is 4.62. The maximum atomic E-state index is 12.0. The van der Waals surface area contributed by atoms with Crippen LogP contribution in [0, 0.1) is 13.8 Å². The molecule has 2 aromatic carbocycles. The Kier molecular flexibility index (Phi) is 5.58. The number of anilines is 1. The standard InChI is InChI=1S/C19H19N3O3S/c1-12-6-5-7-13(2)18(12)22-16(23)10-20-17(24)11-26-19-21-14-8-3-4-9-15(14)25-19/h3-9H,10-11H2,1-2H3,(H,20,24)(H,22,23). The van der Waals surface area contributed by atoms with Crippen molar-refractivity contribution in [3.05, 3.63) is 53.6 Å². The molecule has 2 amide bonds. The molecule has 26 heavy (non-hydrogen) atoms. The zero-order valence-corrected chi connectivity index (χ0v) is 15.4. The van der Waals surface area contributed by atoms with Crippen LogP contribution in [0.5, 0.6) is 0 Å². The highest BCUT2D eigenvalue weighted by Crippen LogP contribution is 2.23. The van der Waals surface area contributed by atoms with Gasteiger partial charge in [0.15, 0.2) is 5.58 Å². The molecule has 0 atom stereocenters. The van der Waals surface area contributed by atoms with Gasteiger partial charge in [-0.3, -0.25) is 9.59 Å². The number of thioether (sulfide) groups is 1. The summed E-state index contributed by atoms with van der Waals surface area (Å²) in [5.41, 5.74) is 4.19. The molecule has 0 saturated heterocycles. The van der Waals surface area contributed by atoms with Gasteiger partial charge in [-0.05, 0) is 37.1 Å². The van der Waals surface area contributed by atoms with Gasteiger partial charge in [0.25, 0.3) is 5.22 Å². The van der Waals surface area contributed by atoms with Gasteiger partial charge >= 0.3 is 0 Å². The fourth-order valence-corrected chi connectivity index (χ4v) is 3.13. The number of nitrogens with one attached hydrogen (secondary N) is 2. The molecule has 0 aliphatic heterocycles. The molecule has 1 aromatic heterocycles. The van der Waals surface area contributed by atoms with Gasteiger partial charge in [-0.1, -0.05) is 42.1 Å². The van der Waals surface area contributed by atoms with E-state index in [1.54, 1.807) is 0 Å². The van der Waals surface area contributed by atoms with E-state index in [1.807, 2.05) is 56.3 Å². The molecular weight excluding hydrogens is 350 g/mol. The van der Waals surface area contributed by atoms with Crippen LogP contribution in [-0.2, 0) is 9.59 Å². The first-order valence-electron chi connectivity index (χ1n) is 8.14. The van der Waals surface area contributed by atoms with Crippen LogP contribution < -0.4 is 10.6 Å². The smallest absolute Gasteiger partial charge is 0.257 e. The topological polar surface area (TPSA) is 84.2 Å². The van der Waals surface area contributed by atoms with Crippen molar-refractivity contribution in [2.24, 2.45) is 0 Å². The Balaban J connectivity index is 1.47. The van der Waals surface area contributed by atoms with Crippen molar-refractivity contribution in [1.82, 2.24) is 10.3 Å². The number of aromatic nitrogens is 1. The van der Waals surface area contributed by atoms with Gasteiger partial charge in [0.05, 0.1) is 12.3 Å². The van der Waals surface area contributed by atoms with Crippen molar-refractivity contribution >= 4 is 40.4 Å². The van der Waals surface area contributed by atoms with Gasteiger partial charge in [0, 0.05) is 5.69 Å². The lowest BCUT2D eigenvalue weighted by atomic mass is 10.1. The molecule has 134 valence electrons. The molecule has 0 radical (unpaired) electrons. The fourth-order valence-electron chi connectivity index (χ4n) is 2.47. The summed E-state index contributed by atoms with van der Waals surface area (Å²) in [5, 5.41) is 5.87. The van der Waals surface area contributed by atoms with Crippen LogP contribution in [0.15, 0.2) is 52.1 Å². The molecule has 7 heteroatoms. The summed E-state index contributed by atoms with van der Waals surface area (Å²) in [6.45, 7) is 3.77. The highest BCUT2D eigenvalue weighted by Gasteiger charge is 2.11. The number of fused-ring (bicyclic) bond motifs is 1. The Morgan fingerprint density at radius 2 is 1.77 bits per heavy atom. The zero-order chi connectivity index (χ0) is 18.5. The number of hydrogen-bond donors (Lipinski definition) is 2. The molecule has 0 spiro atoms. The summed E-state index contributed by atoms with van der Waals surface area (Å²) in [6, 6.07) is 13.2. The van der Waals surface area contributed by atoms with E-state index in [0.717, 1.165) is 22.3 Å². The lowest BCUT2D eigenvalue weighted by Gasteiger charge is -2.11. The van der Waals surface area contributed by atoms with Gasteiger partial charge < -0.3 is 15.1 Å². The number of aryl methyl sites for hydroxylation is 2. The quantitative estimate of drug-likeness (QED) is 0.652. The van der Waals surface area contributed by atoms with E-state index in [4.69, 9.17) is 4.42 Å². The lowest BCUT2D eigenvalue weighted by molar-refractivity contribution is -0.122. The molecule has 0 bridgehead atoms. The maximum Gasteiger partial charge on any atom is 0.257 e. The van der Waals surface area contributed by atoms with Crippen LogP contribution in [-0.4, -0.2) is 29.1 Å². The zero-order valence-electron chi connectivity index (χ0n) is 14.5. The van der Waals surface area contributed by atoms with Crippen molar-refractivity contribution < 1.29 is 14.0 Å². The first-order chi connectivity index (χ1) is 12.5. The van der Waals surface area contributed by atoms with Gasteiger partial charge in [0.2, 0.25) is 11.8 Å². The minimum Gasteiger partial charge on any atom is -0.431 e. The van der Waals surface area contributed by atoms with Crippen LogP contribution in [0.1, 0.15) is 11.1 Å². The SMILES string of the molecule is Cc1cccc(C)c1NC(=O)CNC(=O)CSc1nc2ccccc2o1. The third kappa shape index (κ3) is 4.43. The Labute approximate surface area is 155 Å². The Morgan fingerprint density at radius 1 is 1.04 bits per heavy atom. The number of carbonyl (C=O) groups excluding carboxylic acids is 2. The third-order valence-electron chi connectivity index (χ3n) is 3.79. The number of carbonyl (C=O) groups is 2. The largest absolute Gasteiger partial charge is 0.431 e. The number of hydrogen-bond acceptors (Lipinski definition) is 5. The van der Waals surface area contributed by atoms with Crippen molar-refractivity contribution in [2.75, 3.05) is 17.6 Å². The highest BCUT2D eigenvalue weighted by atomic mass is 32.2. The molecule has 6 nitrogen and oxygen atoms in total. The molecule has 2 N–H and O–H groups in total. The van der Waals surface area contributed by atoms with Crippen LogP contribution >= 0.6 is 11.8 Å². The average molecular weight is 369 g/mol. The monoisotopic (exact) mass is 369 g/mol. The summed E-state index contributed by atoms with van der Waals surface area (Å²) in [5.74, 6) is -0.389. The normalized spacial score (nSPS) is 10.7. The molecule has 3 aromatic rings. The predicted octanol–water partition coefficient (Wildman–Crippen LogP) is 3.29. The van der Waals surface area contributed by atoms with Crippen LogP contribution in [0.3, 0.4) is 0 Å². The van der Waals surface area contributed by atoms with E-state index in [-0.39, 0.29) is 24.1 Å². The fraction of sp³-hybridized carbons (Fsp3) is 0.211. The van der Waals surface area contributed by atoms with Crippen molar-refractivity contribution in [2.45, 2.75) is 19.1 Å². The molecule has 1 heterocycles. The number of amides is 2. The number of nitrogens with zero attached hydrogens (tertiary/aromatic N) is 1. The Hall–Kier alpha value is -2.80. The number of para-hydroxylation sites is 3. The van der Waals surface area contributed by atoms with E-state index in [1.165, 1.54) is 11.8 Å².